The Kier molecular flexibility index (Phi) is 6.76. The van der Waals surface area contributed by atoms with Gasteiger partial charge in [-0.1, -0.05) is 12.1 Å². The first-order valence-electron chi connectivity index (χ1n) is 8.46. The molecule has 7 nitrogen and oxygen atoms in total. The van der Waals surface area contributed by atoms with Crippen molar-refractivity contribution in [3.05, 3.63) is 53.9 Å². The first-order valence-corrected chi connectivity index (χ1v) is 8.46. The van der Waals surface area contributed by atoms with Crippen molar-refractivity contribution in [2.45, 2.75) is 24.9 Å². The SMILES string of the molecule is CNC(=O)c1ccc(CNC(=O)C2(n3cccn3)CCNCC2)cc1.Cl. The molecule has 0 unspecified atom stereocenters. The smallest absolute Gasteiger partial charge is 0.251 e. The van der Waals surface area contributed by atoms with E-state index in [1.807, 2.05) is 24.4 Å². The average molecular weight is 378 g/mol. The van der Waals surface area contributed by atoms with Gasteiger partial charge in [0.15, 0.2) is 0 Å². The summed E-state index contributed by atoms with van der Waals surface area (Å²) in [5.41, 5.74) is 0.908. The third-order valence-corrected chi connectivity index (χ3v) is 4.69. The van der Waals surface area contributed by atoms with Crippen molar-refractivity contribution in [2.24, 2.45) is 0 Å². The predicted octanol–water partition coefficient (Wildman–Crippen LogP) is 1.06. The number of halogens is 1. The van der Waals surface area contributed by atoms with Crippen LogP contribution in [0.1, 0.15) is 28.8 Å². The van der Waals surface area contributed by atoms with Crippen molar-refractivity contribution in [1.29, 1.82) is 0 Å². The Labute approximate surface area is 159 Å². The number of hydrogen-bond donors (Lipinski definition) is 3. The molecule has 26 heavy (non-hydrogen) atoms. The molecule has 0 spiro atoms. The van der Waals surface area contributed by atoms with E-state index >= 15 is 0 Å². The minimum Gasteiger partial charge on any atom is -0.355 e. The van der Waals surface area contributed by atoms with Gasteiger partial charge in [-0.2, -0.15) is 5.10 Å². The lowest BCUT2D eigenvalue weighted by Crippen LogP contribution is -2.54. The van der Waals surface area contributed by atoms with Crippen LogP contribution in [0, 0.1) is 0 Å². The van der Waals surface area contributed by atoms with Crippen LogP contribution in [0.2, 0.25) is 0 Å². The molecule has 8 heteroatoms. The van der Waals surface area contributed by atoms with E-state index in [0.717, 1.165) is 18.7 Å². The summed E-state index contributed by atoms with van der Waals surface area (Å²) >= 11 is 0. The number of amides is 2. The van der Waals surface area contributed by atoms with Crippen LogP contribution in [0.3, 0.4) is 0 Å². The van der Waals surface area contributed by atoms with Gasteiger partial charge >= 0.3 is 0 Å². The number of aromatic nitrogens is 2. The van der Waals surface area contributed by atoms with Crippen molar-refractivity contribution in [1.82, 2.24) is 25.7 Å². The van der Waals surface area contributed by atoms with Gasteiger partial charge in [0.05, 0.1) is 0 Å². The third kappa shape index (κ3) is 4.05. The molecule has 3 N–H and O–H groups in total. The fourth-order valence-corrected chi connectivity index (χ4v) is 3.19. The maximum atomic E-state index is 12.9. The van der Waals surface area contributed by atoms with Crippen molar-refractivity contribution in [3.8, 4) is 0 Å². The molecule has 0 saturated carbocycles. The summed E-state index contributed by atoms with van der Waals surface area (Å²) in [7, 11) is 1.60. The minimum absolute atomic E-state index is 0. The monoisotopic (exact) mass is 377 g/mol. The number of benzene rings is 1. The topological polar surface area (TPSA) is 88.1 Å². The number of rotatable bonds is 5. The zero-order chi connectivity index (χ0) is 17.7. The summed E-state index contributed by atoms with van der Waals surface area (Å²) in [6.45, 7) is 1.99. The molecule has 1 aromatic carbocycles. The van der Waals surface area contributed by atoms with Gasteiger partial charge in [0.1, 0.15) is 5.54 Å². The zero-order valence-electron chi connectivity index (χ0n) is 14.7. The van der Waals surface area contributed by atoms with Crippen LogP contribution in [0.15, 0.2) is 42.7 Å². The molecular weight excluding hydrogens is 354 g/mol. The van der Waals surface area contributed by atoms with Crippen molar-refractivity contribution in [3.63, 3.8) is 0 Å². The van der Waals surface area contributed by atoms with E-state index in [-0.39, 0.29) is 24.2 Å². The van der Waals surface area contributed by atoms with Gasteiger partial charge in [-0.3, -0.25) is 14.3 Å². The summed E-state index contributed by atoms with van der Waals surface area (Å²) < 4.78 is 1.78. The van der Waals surface area contributed by atoms with Crippen LogP contribution in [-0.2, 0) is 16.9 Å². The Bertz CT molecular complexity index is 725. The molecule has 0 aliphatic carbocycles. The number of carbonyl (C=O) groups is 2. The summed E-state index contributed by atoms with van der Waals surface area (Å²) in [5.74, 6) is -0.143. The Balaban J connectivity index is 0.00000243. The quantitative estimate of drug-likeness (QED) is 0.727. The largest absolute Gasteiger partial charge is 0.355 e. The molecule has 1 aromatic heterocycles. The average Bonchev–Trinajstić information content (AvgIpc) is 3.21. The molecule has 1 aliphatic rings. The van der Waals surface area contributed by atoms with E-state index in [9.17, 15) is 9.59 Å². The van der Waals surface area contributed by atoms with Crippen LogP contribution in [0.5, 0.6) is 0 Å². The predicted molar refractivity (Wildman–Crippen MR) is 101 cm³/mol. The van der Waals surface area contributed by atoms with Gasteiger partial charge in [0, 0.05) is 31.5 Å². The Morgan fingerprint density at radius 1 is 1.23 bits per heavy atom. The lowest BCUT2D eigenvalue weighted by atomic mass is 9.87. The van der Waals surface area contributed by atoms with E-state index in [1.165, 1.54) is 0 Å². The molecule has 140 valence electrons. The summed E-state index contributed by atoms with van der Waals surface area (Å²) in [5, 5.41) is 13.2. The molecular formula is C18H24ClN5O2. The highest BCUT2D eigenvalue weighted by atomic mass is 35.5. The lowest BCUT2D eigenvalue weighted by molar-refractivity contribution is -0.132. The second-order valence-electron chi connectivity index (χ2n) is 6.19. The van der Waals surface area contributed by atoms with Crippen LogP contribution in [0.4, 0.5) is 0 Å². The maximum Gasteiger partial charge on any atom is 0.251 e. The van der Waals surface area contributed by atoms with E-state index in [2.05, 4.69) is 21.0 Å². The molecule has 0 atom stereocenters. The highest BCUT2D eigenvalue weighted by Crippen LogP contribution is 2.27. The van der Waals surface area contributed by atoms with E-state index in [1.54, 1.807) is 30.1 Å². The molecule has 1 fully saturated rings. The van der Waals surface area contributed by atoms with Crippen LogP contribution < -0.4 is 16.0 Å². The summed E-state index contributed by atoms with van der Waals surface area (Å²) in [6.07, 6.45) is 4.96. The molecule has 2 aromatic rings. The highest BCUT2D eigenvalue weighted by Gasteiger charge is 2.41. The van der Waals surface area contributed by atoms with Gasteiger partial charge < -0.3 is 16.0 Å². The molecule has 2 heterocycles. The van der Waals surface area contributed by atoms with Crippen molar-refractivity contribution >= 4 is 24.2 Å². The Morgan fingerprint density at radius 3 is 2.50 bits per heavy atom. The third-order valence-electron chi connectivity index (χ3n) is 4.69. The molecule has 1 aliphatic heterocycles. The Morgan fingerprint density at radius 2 is 1.92 bits per heavy atom. The second-order valence-corrected chi connectivity index (χ2v) is 6.19. The standard InChI is InChI=1S/C18H23N5O2.ClH/c1-19-16(24)15-5-3-14(4-6-15)13-21-17(25)18(7-10-20-11-8-18)23-12-2-9-22-23;/h2-6,9,12,20H,7-8,10-11,13H2,1H3,(H,19,24)(H,21,25);1H. The number of piperidine rings is 1. The minimum atomic E-state index is -0.642. The van der Waals surface area contributed by atoms with Crippen LogP contribution in [-0.4, -0.2) is 41.7 Å². The van der Waals surface area contributed by atoms with E-state index in [4.69, 9.17) is 0 Å². The fourth-order valence-electron chi connectivity index (χ4n) is 3.19. The lowest BCUT2D eigenvalue weighted by Gasteiger charge is -2.36. The first kappa shape index (κ1) is 19.9. The van der Waals surface area contributed by atoms with Gasteiger partial charge in [0.25, 0.3) is 5.91 Å². The van der Waals surface area contributed by atoms with Gasteiger partial charge in [-0.05, 0) is 49.7 Å². The van der Waals surface area contributed by atoms with Crippen LogP contribution in [0.25, 0.3) is 0 Å². The normalized spacial score (nSPS) is 15.6. The molecule has 2 amide bonds. The number of hydrogen-bond acceptors (Lipinski definition) is 4. The summed E-state index contributed by atoms with van der Waals surface area (Å²) in [4.78, 5) is 24.5. The maximum absolute atomic E-state index is 12.9. The van der Waals surface area contributed by atoms with E-state index < -0.39 is 5.54 Å². The Hall–Kier alpha value is -2.38. The highest BCUT2D eigenvalue weighted by molar-refractivity contribution is 5.94. The number of nitrogens with zero attached hydrogens (tertiary/aromatic N) is 2. The second kappa shape index (κ2) is 8.82. The van der Waals surface area contributed by atoms with Crippen molar-refractivity contribution in [2.75, 3.05) is 20.1 Å². The molecule has 1 saturated heterocycles. The number of carbonyl (C=O) groups excluding carboxylic acids is 2. The fraction of sp³-hybridized carbons (Fsp3) is 0.389. The van der Waals surface area contributed by atoms with E-state index in [0.29, 0.717) is 24.9 Å². The number of nitrogens with one attached hydrogen (secondary N) is 3. The van der Waals surface area contributed by atoms with Gasteiger partial charge in [0.2, 0.25) is 5.91 Å². The molecule has 3 rings (SSSR count). The molecule has 0 radical (unpaired) electrons. The van der Waals surface area contributed by atoms with Gasteiger partial charge in [-0.25, -0.2) is 0 Å². The molecule has 0 bridgehead atoms. The summed E-state index contributed by atoms with van der Waals surface area (Å²) in [6, 6.07) is 9.07. The van der Waals surface area contributed by atoms with Gasteiger partial charge in [-0.15, -0.1) is 12.4 Å². The van der Waals surface area contributed by atoms with Crippen LogP contribution >= 0.6 is 12.4 Å². The first-order chi connectivity index (χ1) is 12.2. The zero-order valence-corrected chi connectivity index (χ0v) is 15.5. The van der Waals surface area contributed by atoms with Crippen molar-refractivity contribution < 1.29 is 9.59 Å².